The molecule has 1 fully saturated rings. The number of hydrogen-bond donors (Lipinski definition) is 2. The maximum absolute atomic E-state index is 9.90. The molecular weight excluding hydrogens is 200 g/mol. The molecule has 1 aromatic carbocycles. The number of aromatic hydroxyl groups is 1. The highest BCUT2D eigenvalue weighted by molar-refractivity contribution is 5.34. The number of phenolic OH excluding ortho intramolecular Hbond substituents is 1. The van der Waals surface area contributed by atoms with Gasteiger partial charge in [0, 0.05) is 37.8 Å². The third-order valence-corrected chi connectivity index (χ3v) is 3.27. The summed E-state index contributed by atoms with van der Waals surface area (Å²) < 4.78 is 0. The van der Waals surface area contributed by atoms with Gasteiger partial charge in [-0.1, -0.05) is 25.1 Å². The average molecular weight is 220 g/mol. The predicted molar refractivity (Wildman–Crippen MR) is 65.6 cm³/mol. The lowest BCUT2D eigenvalue weighted by Crippen LogP contribution is -2.45. The van der Waals surface area contributed by atoms with E-state index in [-0.39, 0.29) is 0 Å². The first-order valence-corrected chi connectivity index (χ1v) is 6.05. The van der Waals surface area contributed by atoms with Crippen LogP contribution in [0.15, 0.2) is 24.3 Å². The van der Waals surface area contributed by atoms with Crippen LogP contribution in [0, 0.1) is 0 Å². The van der Waals surface area contributed by atoms with E-state index in [4.69, 9.17) is 0 Å². The highest BCUT2D eigenvalue weighted by Gasteiger charge is 2.22. The lowest BCUT2D eigenvalue weighted by molar-refractivity contribution is 0.167. The van der Waals surface area contributed by atoms with Gasteiger partial charge in [-0.2, -0.15) is 0 Å². The van der Waals surface area contributed by atoms with Gasteiger partial charge in [0.05, 0.1) is 0 Å². The molecule has 0 bridgehead atoms. The minimum absolute atomic E-state index is 0.350. The Morgan fingerprint density at radius 3 is 2.62 bits per heavy atom. The van der Waals surface area contributed by atoms with Crippen molar-refractivity contribution in [3.8, 4) is 5.75 Å². The molecule has 1 aliphatic heterocycles. The second-order valence-electron chi connectivity index (χ2n) is 4.27. The van der Waals surface area contributed by atoms with Gasteiger partial charge in [-0.3, -0.25) is 4.90 Å². The van der Waals surface area contributed by atoms with Crippen LogP contribution in [0.1, 0.15) is 24.9 Å². The summed E-state index contributed by atoms with van der Waals surface area (Å²) in [6, 6.07) is 8.04. The van der Waals surface area contributed by atoms with Gasteiger partial charge < -0.3 is 10.4 Å². The minimum atomic E-state index is 0.350. The van der Waals surface area contributed by atoms with Crippen molar-refractivity contribution in [2.24, 2.45) is 0 Å². The number of nitrogens with zero attached hydrogens (tertiary/aromatic N) is 1. The second-order valence-corrected chi connectivity index (χ2v) is 4.27. The molecule has 16 heavy (non-hydrogen) atoms. The van der Waals surface area contributed by atoms with Crippen LogP contribution in [0.5, 0.6) is 5.75 Å². The summed E-state index contributed by atoms with van der Waals surface area (Å²) in [6.45, 7) is 6.40. The van der Waals surface area contributed by atoms with Crippen LogP contribution in [-0.4, -0.2) is 36.2 Å². The van der Waals surface area contributed by atoms with E-state index >= 15 is 0 Å². The van der Waals surface area contributed by atoms with E-state index in [1.807, 2.05) is 18.2 Å². The normalized spacial score (nSPS) is 19.6. The fourth-order valence-corrected chi connectivity index (χ4v) is 2.44. The molecule has 1 unspecified atom stereocenters. The number of piperazine rings is 1. The first kappa shape index (κ1) is 11.4. The number of para-hydroxylation sites is 1. The molecule has 0 amide bonds. The summed E-state index contributed by atoms with van der Waals surface area (Å²) in [5.74, 6) is 0.424. The van der Waals surface area contributed by atoms with Crippen LogP contribution in [-0.2, 0) is 0 Å². The Hall–Kier alpha value is -1.06. The molecule has 1 aliphatic rings. The molecule has 0 spiro atoms. The zero-order chi connectivity index (χ0) is 11.4. The van der Waals surface area contributed by atoms with Gasteiger partial charge in [-0.25, -0.2) is 0 Å². The van der Waals surface area contributed by atoms with E-state index in [0.29, 0.717) is 11.8 Å². The van der Waals surface area contributed by atoms with Crippen molar-refractivity contribution < 1.29 is 5.11 Å². The molecule has 0 radical (unpaired) electrons. The number of phenols is 1. The van der Waals surface area contributed by atoms with Crippen molar-refractivity contribution in [2.45, 2.75) is 19.4 Å². The smallest absolute Gasteiger partial charge is 0.120 e. The maximum atomic E-state index is 9.90. The van der Waals surface area contributed by atoms with Gasteiger partial charge in [0.1, 0.15) is 5.75 Å². The first-order chi connectivity index (χ1) is 7.83. The van der Waals surface area contributed by atoms with E-state index in [1.165, 1.54) is 0 Å². The van der Waals surface area contributed by atoms with E-state index in [0.717, 1.165) is 38.2 Å². The monoisotopic (exact) mass is 220 g/mol. The van der Waals surface area contributed by atoms with E-state index in [9.17, 15) is 5.11 Å². The van der Waals surface area contributed by atoms with Gasteiger partial charge in [-0.15, -0.1) is 0 Å². The largest absolute Gasteiger partial charge is 0.508 e. The van der Waals surface area contributed by atoms with Crippen LogP contribution in [0.2, 0.25) is 0 Å². The fourth-order valence-electron chi connectivity index (χ4n) is 2.44. The van der Waals surface area contributed by atoms with Crippen molar-refractivity contribution in [2.75, 3.05) is 26.2 Å². The molecule has 2 rings (SSSR count). The second kappa shape index (κ2) is 5.32. The minimum Gasteiger partial charge on any atom is -0.508 e. The molecule has 0 saturated carbocycles. The summed E-state index contributed by atoms with van der Waals surface area (Å²) in [7, 11) is 0. The molecule has 2 N–H and O–H groups in total. The Kier molecular flexibility index (Phi) is 3.80. The molecule has 0 aliphatic carbocycles. The Labute approximate surface area is 97.1 Å². The molecular formula is C13H20N2O. The molecule has 1 saturated heterocycles. The topological polar surface area (TPSA) is 35.5 Å². The zero-order valence-electron chi connectivity index (χ0n) is 9.82. The molecule has 1 aromatic rings. The average Bonchev–Trinajstić information content (AvgIpc) is 2.34. The predicted octanol–water partition coefficient (Wildman–Crippen LogP) is 1.75. The summed E-state index contributed by atoms with van der Waals surface area (Å²) in [6.07, 6.45) is 1.04. The van der Waals surface area contributed by atoms with Crippen LogP contribution in [0.4, 0.5) is 0 Å². The zero-order valence-corrected chi connectivity index (χ0v) is 9.82. The number of rotatable bonds is 3. The maximum Gasteiger partial charge on any atom is 0.120 e. The van der Waals surface area contributed by atoms with Crippen LogP contribution in [0.25, 0.3) is 0 Å². The first-order valence-electron chi connectivity index (χ1n) is 6.05. The highest BCUT2D eigenvalue weighted by Crippen LogP contribution is 2.30. The Morgan fingerprint density at radius 2 is 2.00 bits per heavy atom. The third-order valence-electron chi connectivity index (χ3n) is 3.27. The lowest BCUT2D eigenvalue weighted by atomic mass is 10.0. The number of benzene rings is 1. The van der Waals surface area contributed by atoms with Crippen LogP contribution in [0.3, 0.4) is 0 Å². The van der Waals surface area contributed by atoms with Gasteiger partial charge in [0.15, 0.2) is 0 Å². The van der Waals surface area contributed by atoms with Gasteiger partial charge in [0.25, 0.3) is 0 Å². The third kappa shape index (κ3) is 2.36. The SMILES string of the molecule is CCC(c1ccccc1O)N1CCNCC1. The molecule has 1 atom stereocenters. The van der Waals surface area contributed by atoms with Crippen LogP contribution >= 0.6 is 0 Å². The summed E-state index contributed by atoms with van der Waals surface area (Å²) in [5, 5.41) is 13.3. The van der Waals surface area contributed by atoms with Crippen molar-refractivity contribution in [3.05, 3.63) is 29.8 Å². The quantitative estimate of drug-likeness (QED) is 0.814. The molecule has 3 nitrogen and oxygen atoms in total. The molecule has 0 aromatic heterocycles. The lowest BCUT2D eigenvalue weighted by Gasteiger charge is -2.34. The van der Waals surface area contributed by atoms with Crippen molar-refractivity contribution in [1.29, 1.82) is 0 Å². The Morgan fingerprint density at radius 1 is 1.31 bits per heavy atom. The molecule has 88 valence electrons. The summed E-state index contributed by atoms with van der Waals surface area (Å²) >= 11 is 0. The van der Waals surface area contributed by atoms with E-state index in [2.05, 4.69) is 17.1 Å². The Balaban J connectivity index is 2.18. The van der Waals surface area contributed by atoms with Gasteiger partial charge in [0.2, 0.25) is 0 Å². The van der Waals surface area contributed by atoms with Crippen molar-refractivity contribution >= 4 is 0 Å². The van der Waals surface area contributed by atoms with Gasteiger partial charge in [-0.05, 0) is 12.5 Å². The summed E-state index contributed by atoms with van der Waals surface area (Å²) in [4.78, 5) is 2.45. The number of hydrogen-bond acceptors (Lipinski definition) is 3. The molecule has 1 heterocycles. The molecule has 3 heteroatoms. The van der Waals surface area contributed by atoms with E-state index in [1.54, 1.807) is 6.07 Å². The highest BCUT2D eigenvalue weighted by atomic mass is 16.3. The summed E-state index contributed by atoms with van der Waals surface area (Å²) in [5.41, 5.74) is 1.06. The number of nitrogens with one attached hydrogen (secondary N) is 1. The van der Waals surface area contributed by atoms with Crippen LogP contribution < -0.4 is 5.32 Å². The van der Waals surface area contributed by atoms with E-state index < -0.39 is 0 Å². The fraction of sp³-hybridized carbons (Fsp3) is 0.538. The van der Waals surface area contributed by atoms with Gasteiger partial charge >= 0.3 is 0 Å². The Bertz CT molecular complexity index is 334. The van der Waals surface area contributed by atoms with Crippen molar-refractivity contribution in [1.82, 2.24) is 10.2 Å². The standard InChI is InChI=1S/C13H20N2O/c1-2-12(15-9-7-14-8-10-15)11-5-3-4-6-13(11)16/h3-6,12,14,16H,2,7-10H2,1H3. The van der Waals surface area contributed by atoms with Crippen molar-refractivity contribution in [3.63, 3.8) is 0 Å².